The van der Waals surface area contributed by atoms with Crippen LogP contribution in [0.2, 0.25) is 5.02 Å². The molecule has 30 heavy (non-hydrogen) atoms. The minimum absolute atomic E-state index is 0.120. The van der Waals surface area contributed by atoms with Crippen molar-refractivity contribution in [2.45, 2.75) is 56.9 Å². The highest BCUT2D eigenvalue weighted by molar-refractivity contribution is 6.31. The van der Waals surface area contributed by atoms with Crippen LogP contribution < -0.4 is 5.32 Å². The van der Waals surface area contributed by atoms with Crippen molar-refractivity contribution < 1.29 is 39.1 Å². The Hall–Kier alpha value is -1.82. The molecule has 0 radical (unpaired) electrons. The van der Waals surface area contributed by atoms with Crippen LogP contribution in [0.1, 0.15) is 25.8 Å². The third kappa shape index (κ3) is 5.87. The molecule has 1 aliphatic heterocycles. The number of rotatable bonds is 10. The first-order valence-electron chi connectivity index (χ1n) is 9.34. The van der Waals surface area contributed by atoms with Crippen molar-refractivity contribution in [3.05, 3.63) is 34.6 Å². The fourth-order valence-corrected chi connectivity index (χ4v) is 3.60. The second kappa shape index (κ2) is 9.99. The Morgan fingerprint density at radius 2 is 2.03 bits per heavy atom. The Morgan fingerprint density at radius 1 is 1.37 bits per heavy atom. The Kier molecular flexibility index (Phi) is 8.14. The standard InChI is InChI=1S/C19H26ClFN2O7/c1-19(2,29)18(30-15(17(27)28)14(24)16(25)26)23(10-6-7-22-8-10)9-11-12(20)4-3-5-13(11)21/h3-5,10,14-15,18,22,24,29H,6-9H2,1-2H3,(H,25,26)(H,27,28)/t10-,14+,15+,18?/m0/s1. The van der Waals surface area contributed by atoms with Crippen molar-refractivity contribution in [1.82, 2.24) is 10.2 Å². The van der Waals surface area contributed by atoms with Gasteiger partial charge in [0.1, 0.15) is 12.0 Å². The summed E-state index contributed by atoms with van der Waals surface area (Å²) >= 11 is 6.15. The molecule has 0 bridgehead atoms. The van der Waals surface area contributed by atoms with Gasteiger partial charge in [0.2, 0.25) is 0 Å². The zero-order valence-corrected chi connectivity index (χ0v) is 17.3. The molecule has 1 heterocycles. The summed E-state index contributed by atoms with van der Waals surface area (Å²) in [7, 11) is 0. The highest BCUT2D eigenvalue weighted by Gasteiger charge is 2.44. The van der Waals surface area contributed by atoms with E-state index in [2.05, 4.69) is 5.32 Å². The van der Waals surface area contributed by atoms with Gasteiger partial charge in [-0.25, -0.2) is 14.0 Å². The van der Waals surface area contributed by atoms with Gasteiger partial charge in [-0.3, -0.25) is 4.90 Å². The summed E-state index contributed by atoms with van der Waals surface area (Å²) in [4.78, 5) is 24.2. The van der Waals surface area contributed by atoms with E-state index < -0.39 is 41.8 Å². The fraction of sp³-hybridized carbons (Fsp3) is 0.579. The Bertz CT molecular complexity index is 747. The maximum Gasteiger partial charge on any atom is 0.336 e. The summed E-state index contributed by atoms with van der Waals surface area (Å²) in [6, 6.07) is 3.87. The van der Waals surface area contributed by atoms with Crippen LogP contribution in [0, 0.1) is 5.82 Å². The van der Waals surface area contributed by atoms with Crippen molar-refractivity contribution >= 4 is 23.5 Å². The van der Waals surface area contributed by atoms with Gasteiger partial charge in [-0.05, 0) is 38.9 Å². The normalized spacial score (nSPS) is 20.2. The van der Waals surface area contributed by atoms with Gasteiger partial charge in [-0.2, -0.15) is 0 Å². The lowest BCUT2D eigenvalue weighted by molar-refractivity contribution is -0.223. The number of carbonyl (C=O) groups is 2. The lowest BCUT2D eigenvalue weighted by Crippen LogP contribution is -2.58. The van der Waals surface area contributed by atoms with Gasteiger partial charge in [-0.1, -0.05) is 17.7 Å². The Morgan fingerprint density at radius 3 is 2.50 bits per heavy atom. The van der Waals surface area contributed by atoms with Crippen molar-refractivity contribution in [3.63, 3.8) is 0 Å². The van der Waals surface area contributed by atoms with Gasteiger partial charge in [0.25, 0.3) is 0 Å². The van der Waals surface area contributed by atoms with E-state index in [4.69, 9.17) is 21.4 Å². The number of aliphatic hydroxyl groups is 2. The first kappa shape index (κ1) is 24.4. The molecule has 11 heteroatoms. The molecule has 2 rings (SSSR count). The summed E-state index contributed by atoms with van der Waals surface area (Å²) in [5, 5.41) is 42.2. The molecule has 0 spiro atoms. The van der Waals surface area contributed by atoms with Gasteiger partial charge < -0.3 is 30.5 Å². The van der Waals surface area contributed by atoms with Crippen LogP contribution in [0.5, 0.6) is 0 Å². The molecule has 1 fully saturated rings. The van der Waals surface area contributed by atoms with E-state index >= 15 is 0 Å². The fourth-order valence-electron chi connectivity index (χ4n) is 3.38. The van der Waals surface area contributed by atoms with E-state index in [-0.39, 0.29) is 23.2 Å². The number of aliphatic carboxylic acids is 2. The number of nitrogens with zero attached hydrogens (tertiary/aromatic N) is 1. The van der Waals surface area contributed by atoms with Gasteiger partial charge in [0, 0.05) is 29.7 Å². The second-order valence-corrected chi connectivity index (χ2v) is 8.11. The number of nitrogens with one attached hydrogen (secondary N) is 1. The molecule has 4 atom stereocenters. The third-order valence-electron chi connectivity index (χ3n) is 4.87. The molecular formula is C19H26ClFN2O7. The van der Waals surface area contributed by atoms with Crippen LogP contribution in [0.15, 0.2) is 18.2 Å². The highest BCUT2D eigenvalue weighted by Crippen LogP contribution is 2.29. The van der Waals surface area contributed by atoms with E-state index in [0.29, 0.717) is 19.5 Å². The van der Waals surface area contributed by atoms with Crippen molar-refractivity contribution in [2.75, 3.05) is 13.1 Å². The molecule has 9 nitrogen and oxygen atoms in total. The zero-order chi connectivity index (χ0) is 22.6. The lowest BCUT2D eigenvalue weighted by Gasteiger charge is -2.43. The molecule has 1 aromatic carbocycles. The van der Waals surface area contributed by atoms with Crippen LogP contribution in [0.25, 0.3) is 0 Å². The highest BCUT2D eigenvalue weighted by atomic mass is 35.5. The van der Waals surface area contributed by atoms with Crippen molar-refractivity contribution in [2.24, 2.45) is 0 Å². The van der Waals surface area contributed by atoms with Crippen LogP contribution in [-0.2, 0) is 20.9 Å². The number of halogens is 2. The topological polar surface area (TPSA) is 140 Å². The summed E-state index contributed by atoms with van der Waals surface area (Å²) in [6.45, 7) is 3.64. The van der Waals surface area contributed by atoms with Gasteiger partial charge in [-0.15, -0.1) is 0 Å². The predicted octanol–water partition coefficient (Wildman–Crippen LogP) is 0.655. The molecule has 1 aliphatic rings. The van der Waals surface area contributed by atoms with Crippen LogP contribution >= 0.6 is 11.6 Å². The van der Waals surface area contributed by atoms with Crippen LogP contribution in [0.4, 0.5) is 4.39 Å². The molecule has 1 saturated heterocycles. The van der Waals surface area contributed by atoms with E-state index in [1.807, 2.05) is 0 Å². The van der Waals surface area contributed by atoms with E-state index in [9.17, 15) is 29.3 Å². The van der Waals surface area contributed by atoms with E-state index in [0.717, 1.165) is 0 Å². The van der Waals surface area contributed by atoms with Crippen LogP contribution in [0.3, 0.4) is 0 Å². The average Bonchev–Trinajstić information content (AvgIpc) is 3.15. The molecule has 0 saturated carbocycles. The minimum Gasteiger partial charge on any atom is -0.479 e. The molecule has 1 aromatic rings. The number of hydrogen-bond donors (Lipinski definition) is 5. The second-order valence-electron chi connectivity index (χ2n) is 7.70. The van der Waals surface area contributed by atoms with E-state index in [1.54, 1.807) is 0 Å². The summed E-state index contributed by atoms with van der Waals surface area (Å²) in [6.07, 6.45) is -5.34. The van der Waals surface area contributed by atoms with Gasteiger partial charge in [0.15, 0.2) is 12.2 Å². The molecule has 168 valence electrons. The maximum absolute atomic E-state index is 14.4. The largest absolute Gasteiger partial charge is 0.479 e. The number of aliphatic hydroxyl groups excluding tert-OH is 1. The zero-order valence-electron chi connectivity index (χ0n) is 16.6. The molecule has 0 aromatic heterocycles. The minimum atomic E-state index is -2.37. The van der Waals surface area contributed by atoms with Crippen molar-refractivity contribution in [1.29, 1.82) is 0 Å². The number of carboxylic acid groups (broad SMARTS) is 2. The first-order chi connectivity index (χ1) is 13.9. The van der Waals surface area contributed by atoms with E-state index in [1.165, 1.54) is 36.9 Å². The van der Waals surface area contributed by atoms with Crippen LogP contribution in [-0.4, -0.2) is 80.4 Å². The SMILES string of the molecule is CC(C)(O)C(O[C@@H](C(=O)O)[C@@H](O)C(=O)O)N(Cc1c(F)cccc1Cl)[C@H]1CCNC1. The smallest absolute Gasteiger partial charge is 0.336 e. The molecular weight excluding hydrogens is 423 g/mol. The molecule has 5 N–H and O–H groups in total. The predicted molar refractivity (Wildman–Crippen MR) is 104 cm³/mol. The Labute approximate surface area is 178 Å². The van der Waals surface area contributed by atoms with Crippen molar-refractivity contribution in [3.8, 4) is 0 Å². The Balaban J connectivity index is 2.46. The summed E-state index contributed by atoms with van der Waals surface area (Å²) in [5.74, 6) is -4.09. The molecule has 1 unspecified atom stereocenters. The number of ether oxygens (including phenoxy) is 1. The first-order valence-corrected chi connectivity index (χ1v) is 9.72. The third-order valence-corrected chi connectivity index (χ3v) is 5.22. The van der Waals surface area contributed by atoms with Gasteiger partial charge in [0.05, 0.1) is 5.60 Å². The monoisotopic (exact) mass is 448 g/mol. The summed E-state index contributed by atoms with van der Waals surface area (Å²) < 4.78 is 19.9. The number of carboxylic acids is 2. The lowest BCUT2D eigenvalue weighted by atomic mass is 10.0. The number of benzene rings is 1. The number of hydrogen-bond acceptors (Lipinski definition) is 7. The molecule has 0 aliphatic carbocycles. The summed E-state index contributed by atoms with van der Waals surface area (Å²) in [5.41, 5.74) is -1.58. The molecule has 0 amide bonds. The van der Waals surface area contributed by atoms with Gasteiger partial charge >= 0.3 is 11.9 Å². The maximum atomic E-state index is 14.4. The quantitative estimate of drug-likeness (QED) is 0.326. The average molecular weight is 449 g/mol.